The molecule has 8 heteroatoms. The number of aromatic nitrogens is 1. The van der Waals surface area contributed by atoms with E-state index < -0.39 is 5.60 Å². The molecular formula is C15H16N4O2S2. The van der Waals surface area contributed by atoms with Crippen molar-refractivity contribution in [1.29, 1.82) is 5.26 Å². The molecule has 2 aromatic heterocycles. The van der Waals surface area contributed by atoms with E-state index in [9.17, 15) is 4.79 Å². The van der Waals surface area contributed by atoms with Crippen molar-refractivity contribution >= 4 is 33.9 Å². The Morgan fingerprint density at radius 2 is 2.43 bits per heavy atom. The van der Waals surface area contributed by atoms with E-state index in [-0.39, 0.29) is 6.03 Å². The summed E-state index contributed by atoms with van der Waals surface area (Å²) in [5.41, 5.74) is 1.65. The molecule has 0 fully saturated rings. The number of nitriles is 1. The maximum Gasteiger partial charge on any atom is 0.320 e. The highest BCUT2D eigenvalue weighted by atomic mass is 32.1. The highest BCUT2D eigenvalue weighted by Crippen LogP contribution is 2.35. The molecule has 23 heavy (non-hydrogen) atoms. The highest BCUT2D eigenvalue weighted by molar-refractivity contribution is 7.10. The fourth-order valence-electron chi connectivity index (χ4n) is 2.58. The summed E-state index contributed by atoms with van der Waals surface area (Å²) in [6.07, 6.45) is 0.917. The maximum atomic E-state index is 12.1. The number of hydrogen-bond donors (Lipinski definition) is 2. The third-order valence-corrected chi connectivity index (χ3v) is 5.69. The van der Waals surface area contributed by atoms with Crippen molar-refractivity contribution in [3.8, 4) is 6.07 Å². The number of fused-ring (bicyclic) bond motifs is 1. The number of urea groups is 1. The summed E-state index contributed by atoms with van der Waals surface area (Å²) < 4.78 is 9.98. The summed E-state index contributed by atoms with van der Waals surface area (Å²) in [5.74, 6) is 0. The van der Waals surface area contributed by atoms with Crippen LogP contribution >= 0.6 is 22.9 Å². The number of carbonyl (C=O) groups is 1. The molecule has 0 saturated carbocycles. The predicted octanol–water partition coefficient (Wildman–Crippen LogP) is 2.99. The molecule has 0 bridgehead atoms. The lowest BCUT2D eigenvalue weighted by molar-refractivity contribution is -0.0416. The van der Waals surface area contributed by atoms with Crippen LogP contribution in [0.25, 0.3) is 0 Å². The van der Waals surface area contributed by atoms with Gasteiger partial charge in [0.25, 0.3) is 0 Å². The number of nitrogens with zero attached hydrogens (tertiary/aromatic N) is 2. The summed E-state index contributed by atoms with van der Waals surface area (Å²) in [4.78, 5) is 13.4. The minimum absolute atomic E-state index is 0.363. The van der Waals surface area contributed by atoms with Gasteiger partial charge in [0.1, 0.15) is 22.2 Å². The smallest absolute Gasteiger partial charge is 0.320 e. The molecule has 6 nitrogen and oxygen atoms in total. The van der Waals surface area contributed by atoms with Crippen LogP contribution in [-0.4, -0.2) is 23.6 Å². The van der Waals surface area contributed by atoms with Crippen molar-refractivity contribution in [2.75, 3.05) is 18.5 Å². The van der Waals surface area contributed by atoms with Crippen LogP contribution in [0.1, 0.15) is 28.6 Å². The molecular weight excluding hydrogens is 332 g/mol. The fourth-order valence-corrected chi connectivity index (χ4v) is 4.30. The lowest BCUT2D eigenvalue weighted by Gasteiger charge is -2.34. The van der Waals surface area contributed by atoms with Crippen LogP contribution in [0.3, 0.4) is 0 Å². The number of rotatable bonds is 3. The molecule has 2 N–H and O–H groups in total. The van der Waals surface area contributed by atoms with Crippen LogP contribution in [0.4, 0.5) is 9.80 Å². The number of ether oxygens (including phenoxy) is 1. The molecule has 0 radical (unpaired) electrons. The van der Waals surface area contributed by atoms with Crippen LogP contribution in [0.2, 0.25) is 0 Å². The monoisotopic (exact) mass is 348 g/mol. The average molecular weight is 348 g/mol. The Balaban J connectivity index is 1.65. The normalized spacial score (nSPS) is 19.7. The van der Waals surface area contributed by atoms with E-state index in [4.69, 9.17) is 10.00 Å². The zero-order chi connectivity index (χ0) is 16.4. The maximum absolute atomic E-state index is 12.1. The molecule has 1 atom stereocenters. The van der Waals surface area contributed by atoms with Gasteiger partial charge in [0.15, 0.2) is 0 Å². The highest BCUT2D eigenvalue weighted by Gasteiger charge is 2.34. The largest absolute Gasteiger partial charge is 0.368 e. The number of thiophene rings is 1. The lowest BCUT2D eigenvalue weighted by atomic mass is 9.93. The Hall–Kier alpha value is -1.95. The molecule has 3 heterocycles. The van der Waals surface area contributed by atoms with Gasteiger partial charge in [0, 0.05) is 11.3 Å². The minimum atomic E-state index is -0.521. The first kappa shape index (κ1) is 15.9. The zero-order valence-corrected chi connectivity index (χ0v) is 14.4. The molecule has 0 aliphatic carbocycles. The Morgan fingerprint density at radius 1 is 1.61 bits per heavy atom. The van der Waals surface area contributed by atoms with E-state index in [2.05, 4.69) is 32.5 Å². The van der Waals surface area contributed by atoms with Gasteiger partial charge in [-0.2, -0.15) is 9.64 Å². The number of hydrogen-bond acceptors (Lipinski definition) is 6. The predicted molar refractivity (Wildman–Crippen MR) is 89.9 cm³/mol. The second-order valence-electron chi connectivity index (χ2n) is 5.48. The average Bonchev–Trinajstić information content (AvgIpc) is 3.13. The molecule has 0 aromatic carbocycles. The third kappa shape index (κ3) is 3.08. The number of anilines is 1. The van der Waals surface area contributed by atoms with Crippen molar-refractivity contribution in [2.24, 2.45) is 0 Å². The Morgan fingerprint density at radius 3 is 3.22 bits per heavy atom. The molecule has 1 aliphatic rings. The second-order valence-corrected chi connectivity index (χ2v) is 7.25. The van der Waals surface area contributed by atoms with Gasteiger partial charge in [-0.15, -0.1) is 11.3 Å². The van der Waals surface area contributed by atoms with Gasteiger partial charge < -0.3 is 10.1 Å². The first-order valence-electron chi connectivity index (χ1n) is 7.15. The molecule has 2 aromatic rings. The van der Waals surface area contributed by atoms with Crippen molar-refractivity contribution in [3.05, 3.63) is 33.1 Å². The van der Waals surface area contributed by atoms with Gasteiger partial charge in [-0.1, -0.05) is 0 Å². The summed E-state index contributed by atoms with van der Waals surface area (Å²) >= 11 is 2.83. The van der Waals surface area contributed by atoms with Crippen LogP contribution in [-0.2, 0) is 16.8 Å². The topological polar surface area (TPSA) is 87.0 Å². The quantitative estimate of drug-likeness (QED) is 0.893. The first-order valence-corrected chi connectivity index (χ1v) is 8.81. The van der Waals surface area contributed by atoms with Gasteiger partial charge in [0.05, 0.1) is 18.8 Å². The van der Waals surface area contributed by atoms with Crippen LogP contribution in [0.5, 0.6) is 0 Å². The standard InChI is InChI=1S/C15H16N4O2S2/c1-9-10(7-16)13(23-19-9)18-14(20)17-8-15(2)11-4-6-22-12(11)3-5-21-15/h4,6H,3,5,8H2,1-2H3,(H2,17,18,20)/t15-/m1/s1. The Bertz CT molecular complexity index is 777. The Labute approximate surface area is 142 Å². The Kier molecular flexibility index (Phi) is 4.35. The van der Waals surface area contributed by atoms with Gasteiger partial charge in [-0.05, 0) is 42.4 Å². The van der Waals surface area contributed by atoms with Crippen molar-refractivity contribution in [2.45, 2.75) is 25.9 Å². The molecule has 120 valence electrons. The summed E-state index contributed by atoms with van der Waals surface area (Å²) in [6.45, 7) is 4.74. The number of carbonyl (C=O) groups excluding carboxylic acids is 1. The minimum Gasteiger partial charge on any atom is -0.368 e. The summed E-state index contributed by atoms with van der Waals surface area (Å²) in [6, 6.07) is 3.74. The summed E-state index contributed by atoms with van der Waals surface area (Å²) in [5, 5.41) is 17.1. The summed E-state index contributed by atoms with van der Waals surface area (Å²) in [7, 11) is 0. The van der Waals surface area contributed by atoms with E-state index in [0.29, 0.717) is 29.4 Å². The van der Waals surface area contributed by atoms with Crippen molar-refractivity contribution in [3.63, 3.8) is 0 Å². The third-order valence-electron chi connectivity index (χ3n) is 3.85. The van der Waals surface area contributed by atoms with Crippen LogP contribution in [0.15, 0.2) is 11.4 Å². The van der Waals surface area contributed by atoms with Crippen molar-refractivity contribution in [1.82, 2.24) is 9.69 Å². The van der Waals surface area contributed by atoms with E-state index in [1.165, 1.54) is 4.88 Å². The molecule has 0 spiro atoms. The lowest BCUT2D eigenvalue weighted by Crippen LogP contribution is -2.44. The molecule has 0 saturated heterocycles. The van der Waals surface area contributed by atoms with Gasteiger partial charge >= 0.3 is 6.03 Å². The molecule has 3 rings (SSSR count). The van der Waals surface area contributed by atoms with Gasteiger partial charge in [-0.25, -0.2) is 4.79 Å². The first-order chi connectivity index (χ1) is 11.0. The van der Waals surface area contributed by atoms with Gasteiger partial charge in [-0.3, -0.25) is 5.32 Å². The van der Waals surface area contributed by atoms with Crippen LogP contribution < -0.4 is 10.6 Å². The fraction of sp³-hybridized carbons (Fsp3) is 0.400. The van der Waals surface area contributed by atoms with E-state index >= 15 is 0 Å². The van der Waals surface area contributed by atoms with E-state index in [0.717, 1.165) is 23.5 Å². The number of aryl methyl sites for hydroxylation is 1. The molecule has 0 unspecified atom stereocenters. The van der Waals surface area contributed by atoms with E-state index in [1.54, 1.807) is 18.3 Å². The number of amides is 2. The van der Waals surface area contributed by atoms with Gasteiger partial charge in [0.2, 0.25) is 0 Å². The second kappa shape index (κ2) is 6.28. The molecule has 1 aliphatic heterocycles. The zero-order valence-electron chi connectivity index (χ0n) is 12.8. The van der Waals surface area contributed by atoms with Crippen LogP contribution in [0, 0.1) is 18.3 Å². The van der Waals surface area contributed by atoms with Crippen molar-refractivity contribution < 1.29 is 9.53 Å². The molecule has 2 amide bonds. The van der Waals surface area contributed by atoms with E-state index in [1.807, 2.05) is 6.92 Å². The SMILES string of the molecule is Cc1nsc(NC(=O)NC[C@@]2(C)OCCc3sccc32)c1C#N. The number of nitrogens with one attached hydrogen (secondary N) is 2.